The molecule has 164 valence electrons. The van der Waals surface area contributed by atoms with Crippen LogP contribution in [0.25, 0.3) is 0 Å². The molecule has 2 amide bonds. The van der Waals surface area contributed by atoms with Crippen LogP contribution in [0.15, 0.2) is 78.2 Å². The lowest BCUT2D eigenvalue weighted by molar-refractivity contribution is 0.0984. The van der Waals surface area contributed by atoms with Gasteiger partial charge in [0.15, 0.2) is 0 Å². The predicted octanol–water partition coefficient (Wildman–Crippen LogP) is 7.06. The van der Waals surface area contributed by atoms with E-state index in [1.807, 2.05) is 23.1 Å². The molecule has 5 rings (SSSR count). The molecule has 3 aromatic carbocycles. The number of carbonyl (C=O) groups excluding carboxylic acids is 2. The van der Waals surface area contributed by atoms with E-state index in [0.717, 1.165) is 17.7 Å². The van der Waals surface area contributed by atoms with Crippen molar-refractivity contribution in [2.75, 3.05) is 10.2 Å². The Balaban J connectivity index is 1.39. The fourth-order valence-electron chi connectivity index (χ4n) is 3.93. The number of fused-ring (bicyclic) bond motifs is 2. The first kappa shape index (κ1) is 21.7. The second-order valence-corrected chi connectivity index (χ2v) is 9.48. The van der Waals surface area contributed by atoms with Crippen molar-refractivity contribution in [2.24, 2.45) is 0 Å². The largest absolute Gasteiger partial charge is 0.322 e. The molecule has 4 nitrogen and oxygen atoms in total. The minimum atomic E-state index is -0.367. The molecule has 0 aliphatic carbocycles. The Morgan fingerprint density at radius 1 is 0.879 bits per heavy atom. The standard InChI is InChI=1S/C26H18Cl2N2O2S/c27-21-6-3-5-20(24(21)28)25(31)29-19-10-8-16(9-11-19)26(32)30-15-23-18(12-13-33-23)14-17-4-1-2-7-22(17)30/h1-13H,14-15H2,(H,29,31). The molecule has 2 heterocycles. The Labute approximate surface area is 205 Å². The topological polar surface area (TPSA) is 49.4 Å². The van der Waals surface area contributed by atoms with Gasteiger partial charge in [0.1, 0.15) is 0 Å². The molecule has 33 heavy (non-hydrogen) atoms. The Bertz CT molecular complexity index is 1360. The lowest BCUT2D eigenvalue weighted by Gasteiger charge is -2.23. The van der Waals surface area contributed by atoms with Crippen LogP contribution in [0.4, 0.5) is 11.4 Å². The zero-order chi connectivity index (χ0) is 22.9. The second-order valence-electron chi connectivity index (χ2n) is 7.70. The third-order valence-corrected chi connectivity index (χ3v) is 7.40. The van der Waals surface area contributed by atoms with Gasteiger partial charge >= 0.3 is 0 Å². The fourth-order valence-corrected chi connectivity index (χ4v) is 5.21. The minimum Gasteiger partial charge on any atom is -0.322 e. The number of anilines is 2. The third kappa shape index (κ3) is 4.27. The molecule has 0 atom stereocenters. The van der Waals surface area contributed by atoms with Crippen LogP contribution in [-0.4, -0.2) is 11.8 Å². The lowest BCUT2D eigenvalue weighted by atomic mass is 10.1. The van der Waals surface area contributed by atoms with Crippen LogP contribution in [0.3, 0.4) is 0 Å². The van der Waals surface area contributed by atoms with Gasteiger partial charge in [-0.3, -0.25) is 9.59 Å². The summed E-state index contributed by atoms with van der Waals surface area (Å²) >= 11 is 13.8. The van der Waals surface area contributed by atoms with Crippen LogP contribution in [0.1, 0.15) is 36.7 Å². The molecule has 4 aromatic rings. The first-order chi connectivity index (χ1) is 16.0. The van der Waals surface area contributed by atoms with Gasteiger partial charge in [-0.05, 0) is 65.0 Å². The van der Waals surface area contributed by atoms with E-state index in [2.05, 4.69) is 22.8 Å². The Hall–Kier alpha value is -3.12. The van der Waals surface area contributed by atoms with Crippen molar-refractivity contribution in [3.63, 3.8) is 0 Å². The SMILES string of the molecule is O=C(Nc1ccc(C(=O)N2Cc3sccc3Cc3ccccc32)cc1)c1cccc(Cl)c1Cl. The van der Waals surface area contributed by atoms with Crippen molar-refractivity contribution in [2.45, 2.75) is 13.0 Å². The highest BCUT2D eigenvalue weighted by molar-refractivity contribution is 7.10. The van der Waals surface area contributed by atoms with Crippen molar-refractivity contribution >= 4 is 57.7 Å². The van der Waals surface area contributed by atoms with Gasteiger partial charge in [-0.15, -0.1) is 11.3 Å². The van der Waals surface area contributed by atoms with Crippen LogP contribution in [-0.2, 0) is 13.0 Å². The number of nitrogens with one attached hydrogen (secondary N) is 1. The van der Waals surface area contributed by atoms with Gasteiger partial charge in [0, 0.05) is 28.2 Å². The van der Waals surface area contributed by atoms with Gasteiger partial charge in [0.25, 0.3) is 11.8 Å². The summed E-state index contributed by atoms with van der Waals surface area (Å²) in [4.78, 5) is 29.1. The quantitative estimate of drug-likeness (QED) is 0.332. The molecule has 7 heteroatoms. The Morgan fingerprint density at radius 2 is 1.67 bits per heavy atom. The van der Waals surface area contributed by atoms with Gasteiger partial charge in [-0.2, -0.15) is 0 Å². The number of hydrogen-bond donors (Lipinski definition) is 1. The average molecular weight is 493 g/mol. The van der Waals surface area contributed by atoms with E-state index in [-0.39, 0.29) is 22.4 Å². The molecule has 0 bridgehead atoms. The van der Waals surface area contributed by atoms with Crippen molar-refractivity contribution in [1.82, 2.24) is 0 Å². The number of rotatable bonds is 3. The average Bonchev–Trinajstić information content (AvgIpc) is 3.20. The van der Waals surface area contributed by atoms with Crippen LogP contribution in [0.2, 0.25) is 10.0 Å². The maximum Gasteiger partial charge on any atom is 0.258 e. The van der Waals surface area contributed by atoms with Gasteiger partial charge in [0.2, 0.25) is 0 Å². The molecule has 0 fully saturated rings. The maximum atomic E-state index is 13.5. The van der Waals surface area contributed by atoms with E-state index in [9.17, 15) is 9.59 Å². The molecule has 1 aromatic heterocycles. The molecule has 1 aliphatic heterocycles. The molecule has 0 saturated heterocycles. The summed E-state index contributed by atoms with van der Waals surface area (Å²) in [5, 5.41) is 5.40. The minimum absolute atomic E-state index is 0.0838. The Kier molecular flexibility index (Phi) is 5.94. The van der Waals surface area contributed by atoms with Gasteiger partial charge in [-0.25, -0.2) is 0 Å². The van der Waals surface area contributed by atoms with E-state index in [4.69, 9.17) is 23.2 Å². The van der Waals surface area contributed by atoms with E-state index >= 15 is 0 Å². The molecule has 0 spiro atoms. The number of carbonyl (C=O) groups is 2. The maximum absolute atomic E-state index is 13.5. The first-order valence-electron chi connectivity index (χ1n) is 10.3. The summed E-state index contributed by atoms with van der Waals surface area (Å²) in [7, 11) is 0. The van der Waals surface area contributed by atoms with Crippen LogP contribution >= 0.6 is 34.5 Å². The summed E-state index contributed by atoms with van der Waals surface area (Å²) in [5.41, 5.74) is 4.72. The van der Waals surface area contributed by atoms with Crippen molar-refractivity contribution in [1.29, 1.82) is 0 Å². The molecular weight excluding hydrogens is 475 g/mol. The lowest BCUT2D eigenvalue weighted by Crippen LogP contribution is -2.30. The molecule has 0 saturated carbocycles. The highest BCUT2D eigenvalue weighted by Gasteiger charge is 2.25. The summed E-state index contributed by atoms with van der Waals surface area (Å²) in [5.74, 6) is -0.451. The highest BCUT2D eigenvalue weighted by atomic mass is 35.5. The van der Waals surface area contributed by atoms with Crippen molar-refractivity contribution in [3.05, 3.63) is 115 Å². The summed E-state index contributed by atoms with van der Waals surface area (Å²) in [6.45, 7) is 0.536. The molecule has 1 N–H and O–H groups in total. The number of para-hydroxylation sites is 1. The zero-order valence-electron chi connectivity index (χ0n) is 17.3. The van der Waals surface area contributed by atoms with Gasteiger partial charge in [0.05, 0.1) is 22.2 Å². The summed E-state index contributed by atoms with van der Waals surface area (Å²) in [6.07, 6.45) is 0.815. The Morgan fingerprint density at radius 3 is 2.48 bits per heavy atom. The van der Waals surface area contributed by atoms with E-state index in [1.54, 1.807) is 53.8 Å². The number of amides is 2. The van der Waals surface area contributed by atoms with Crippen LogP contribution < -0.4 is 10.2 Å². The molecular formula is C26H18Cl2N2O2S. The van der Waals surface area contributed by atoms with Crippen LogP contribution in [0, 0.1) is 0 Å². The number of benzene rings is 3. The number of hydrogen-bond acceptors (Lipinski definition) is 3. The van der Waals surface area contributed by atoms with Crippen molar-refractivity contribution < 1.29 is 9.59 Å². The predicted molar refractivity (Wildman–Crippen MR) is 135 cm³/mol. The summed E-state index contributed by atoms with van der Waals surface area (Å²) < 4.78 is 0. The van der Waals surface area contributed by atoms with Gasteiger partial charge in [-0.1, -0.05) is 47.5 Å². The molecule has 0 unspecified atom stereocenters. The normalized spacial score (nSPS) is 12.5. The third-order valence-electron chi connectivity index (χ3n) is 5.63. The second kappa shape index (κ2) is 9.02. The molecule has 0 radical (unpaired) electrons. The van der Waals surface area contributed by atoms with Gasteiger partial charge < -0.3 is 10.2 Å². The van der Waals surface area contributed by atoms with E-state index in [0.29, 0.717) is 22.8 Å². The zero-order valence-corrected chi connectivity index (χ0v) is 19.7. The monoisotopic (exact) mass is 492 g/mol. The van der Waals surface area contributed by atoms with E-state index < -0.39 is 0 Å². The van der Waals surface area contributed by atoms with E-state index in [1.165, 1.54) is 10.4 Å². The first-order valence-corrected chi connectivity index (χ1v) is 12.0. The number of thiophene rings is 1. The van der Waals surface area contributed by atoms with Crippen LogP contribution in [0.5, 0.6) is 0 Å². The number of nitrogens with zero attached hydrogens (tertiary/aromatic N) is 1. The fraction of sp³-hybridized carbons (Fsp3) is 0.0769. The number of halogens is 2. The molecule has 1 aliphatic rings. The summed E-state index contributed by atoms with van der Waals surface area (Å²) in [6, 6.07) is 21.9. The van der Waals surface area contributed by atoms with Crippen molar-refractivity contribution in [3.8, 4) is 0 Å². The smallest absolute Gasteiger partial charge is 0.258 e. The highest BCUT2D eigenvalue weighted by Crippen LogP contribution is 2.34.